The first kappa shape index (κ1) is 20.1. The molecule has 0 N–H and O–H groups in total. The smallest absolute Gasteiger partial charge is 0.250 e. The SMILES string of the molecule is CSc1oc2ccc3ccccc3c2c1-c1ccc(O[Si](C)(C)C(C)(C)C)cc1. The van der Waals surface area contributed by atoms with Gasteiger partial charge in [0.05, 0.1) is 0 Å². The fourth-order valence-corrected chi connectivity index (χ4v) is 5.02. The molecule has 0 saturated carbocycles. The van der Waals surface area contributed by atoms with E-state index in [1.54, 1.807) is 11.8 Å². The van der Waals surface area contributed by atoms with Gasteiger partial charge in [-0.2, -0.15) is 0 Å². The number of benzene rings is 3. The van der Waals surface area contributed by atoms with Gasteiger partial charge >= 0.3 is 0 Å². The maximum Gasteiger partial charge on any atom is 0.250 e. The highest BCUT2D eigenvalue weighted by Crippen LogP contribution is 2.43. The standard InChI is InChI=1S/C25H28O2SSi/c1-25(2,3)29(5,6)27-19-14-11-18(12-15-19)22-23-20-10-8-7-9-17(20)13-16-21(23)26-24(22)28-4/h7-16H,1-6H3. The largest absolute Gasteiger partial charge is 0.544 e. The van der Waals surface area contributed by atoms with E-state index in [0.717, 1.165) is 22.0 Å². The van der Waals surface area contributed by atoms with Crippen molar-refractivity contribution in [3.63, 3.8) is 0 Å². The average Bonchev–Trinajstić information content (AvgIpc) is 3.06. The Morgan fingerprint density at radius 2 is 1.59 bits per heavy atom. The Hall–Kier alpha value is -2.17. The molecule has 2 nitrogen and oxygen atoms in total. The fraction of sp³-hybridized carbons (Fsp3) is 0.280. The predicted octanol–water partition coefficient (Wildman–Crippen LogP) is 8.36. The summed E-state index contributed by atoms with van der Waals surface area (Å²) in [6.07, 6.45) is 2.07. The highest BCUT2D eigenvalue weighted by Gasteiger charge is 2.38. The van der Waals surface area contributed by atoms with Crippen LogP contribution in [0.5, 0.6) is 5.75 Å². The van der Waals surface area contributed by atoms with Crippen LogP contribution < -0.4 is 4.43 Å². The molecule has 3 aromatic carbocycles. The molecule has 0 aliphatic heterocycles. The summed E-state index contributed by atoms with van der Waals surface area (Å²) < 4.78 is 12.7. The summed E-state index contributed by atoms with van der Waals surface area (Å²) >= 11 is 1.65. The Balaban J connectivity index is 1.82. The number of fused-ring (bicyclic) bond motifs is 3. The molecule has 29 heavy (non-hydrogen) atoms. The molecule has 4 heteroatoms. The highest BCUT2D eigenvalue weighted by atomic mass is 32.2. The summed E-state index contributed by atoms with van der Waals surface area (Å²) in [7, 11) is -1.85. The van der Waals surface area contributed by atoms with E-state index in [1.807, 2.05) is 0 Å². The van der Waals surface area contributed by atoms with E-state index in [2.05, 4.69) is 101 Å². The molecule has 0 saturated heterocycles. The first-order chi connectivity index (χ1) is 13.7. The monoisotopic (exact) mass is 420 g/mol. The number of thioether (sulfide) groups is 1. The van der Waals surface area contributed by atoms with Gasteiger partial charge in [0.25, 0.3) is 0 Å². The summed E-state index contributed by atoms with van der Waals surface area (Å²) in [5, 5.41) is 4.77. The van der Waals surface area contributed by atoms with Crippen molar-refractivity contribution in [1.29, 1.82) is 0 Å². The molecule has 0 unspecified atom stereocenters. The molecule has 150 valence electrons. The molecule has 0 fully saturated rings. The third kappa shape index (κ3) is 3.60. The van der Waals surface area contributed by atoms with Crippen LogP contribution in [0, 0.1) is 0 Å². The number of rotatable bonds is 4. The Morgan fingerprint density at radius 1 is 0.897 bits per heavy atom. The lowest BCUT2D eigenvalue weighted by atomic mass is 9.99. The molecular formula is C25H28O2SSi. The van der Waals surface area contributed by atoms with Gasteiger partial charge in [-0.25, -0.2) is 0 Å². The Labute approximate surface area is 178 Å². The maximum absolute atomic E-state index is 6.46. The number of hydrogen-bond donors (Lipinski definition) is 0. The Bertz CT molecular complexity index is 1170. The lowest BCUT2D eigenvalue weighted by Gasteiger charge is -2.36. The zero-order chi connectivity index (χ0) is 20.8. The molecule has 4 rings (SSSR count). The molecule has 0 atom stereocenters. The van der Waals surface area contributed by atoms with Crippen molar-refractivity contribution >= 4 is 41.8 Å². The first-order valence-electron chi connectivity index (χ1n) is 9.99. The van der Waals surface area contributed by atoms with E-state index < -0.39 is 8.32 Å². The second-order valence-corrected chi connectivity index (χ2v) is 14.5. The molecule has 0 radical (unpaired) electrons. The van der Waals surface area contributed by atoms with Crippen molar-refractivity contribution in [2.45, 2.75) is 44.0 Å². The van der Waals surface area contributed by atoms with Crippen LogP contribution in [0.4, 0.5) is 0 Å². The predicted molar refractivity (Wildman–Crippen MR) is 129 cm³/mol. The van der Waals surface area contributed by atoms with Crippen LogP contribution in [-0.2, 0) is 0 Å². The van der Waals surface area contributed by atoms with Crippen LogP contribution in [0.25, 0.3) is 32.9 Å². The number of furan rings is 1. The maximum atomic E-state index is 6.46. The van der Waals surface area contributed by atoms with Crippen LogP contribution in [-0.4, -0.2) is 14.6 Å². The minimum Gasteiger partial charge on any atom is -0.544 e. The number of hydrogen-bond acceptors (Lipinski definition) is 3. The average molecular weight is 421 g/mol. The van der Waals surface area contributed by atoms with Crippen molar-refractivity contribution < 1.29 is 8.84 Å². The highest BCUT2D eigenvalue weighted by molar-refractivity contribution is 7.98. The summed E-state index contributed by atoms with van der Waals surface area (Å²) in [6.45, 7) is 11.4. The minimum atomic E-state index is -1.85. The quantitative estimate of drug-likeness (QED) is 0.244. The van der Waals surface area contributed by atoms with Gasteiger partial charge in [0, 0.05) is 10.9 Å². The van der Waals surface area contributed by atoms with Gasteiger partial charge in [-0.05, 0) is 58.9 Å². The van der Waals surface area contributed by atoms with Gasteiger partial charge in [0.15, 0.2) is 5.09 Å². The summed E-state index contributed by atoms with van der Waals surface area (Å²) in [6, 6.07) is 21.2. The summed E-state index contributed by atoms with van der Waals surface area (Å²) in [4.78, 5) is 0. The third-order valence-electron chi connectivity index (χ3n) is 6.06. The lowest BCUT2D eigenvalue weighted by Crippen LogP contribution is -2.43. The van der Waals surface area contributed by atoms with Crippen molar-refractivity contribution in [3.8, 4) is 16.9 Å². The van der Waals surface area contributed by atoms with E-state index in [1.165, 1.54) is 21.7 Å². The van der Waals surface area contributed by atoms with Crippen molar-refractivity contribution in [1.82, 2.24) is 0 Å². The van der Waals surface area contributed by atoms with E-state index in [-0.39, 0.29) is 5.04 Å². The Morgan fingerprint density at radius 3 is 2.24 bits per heavy atom. The van der Waals surface area contributed by atoms with Gasteiger partial charge in [-0.3, -0.25) is 0 Å². The van der Waals surface area contributed by atoms with Crippen LogP contribution in [0.1, 0.15) is 20.8 Å². The molecule has 0 spiro atoms. The second kappa shape index (κ2) is 7.26. The fourth-order valence-electron chi connectivity index (χ4n) is 3.39. The van der Waals surface area contributed by atoms with Crippen LogP contribution >= 0.6 is 11.8 Å². The minimum absolute atomic E-state index is 0.178. The zero-order valence-corrected chi connectivity index (χ0v) is 19.8. The van der Waals surface area contributed by atoms with E-state index in [0.29, 0.717) is 0 Å². The van der Waals surface area contributed by atoms with Crippen molar-refractivity contribution in [2.24, 2.45) is 0 Å². The topological polar surface area (TPSA) is 22.4 Å². The second-order valence-electron chi connectivity index (χ2n) is 9.02. The molecular weight excluding hydrogens is 392 g/mol. The lowest BCUT2D eigenvalue weighted by molar-refractivity contribution is 0.492. The van der Waals surface area contributed by atoms with Gasteiger partial charge < -0.3 is 8.84 Å². The zero-order valence-electron chi connectivity index (χ0n) is 18.0. The summed E-state index contributed by atoms with van der Waals surface area (Å²) in [5.41, 5.74) is 3.26. The third-order valence-corrected chi connectivity index (χ3v) is 11.1. The molecule has 0 amide bonds. The van der Waals surface area contributed by atoms with Gasteiger partial charge in [-0.15, -0.1) is 0 Å². The molecule has 0 bridgehead atoms. The van der Waals surface area contributed by atoms with Crippen LogP contribution in [0.15, 0.2) is 70.2 Å². The van der Waals surface area contributed by atoms with E-state index >= 15 is 0 Å². The Kier molecular flexibility index (Phi) is 5.04. The summed E-state index contributed by atoms with van der Waals surface area (Å²) in [5.74, 6) is 0.948. The van der Waals surface area contributed by atoms with Gasteiger partial charge in [0.2, 0.25) is 8.32 Å². The van der Waals surface area contributed by atoms with E-state index in [4.69, 9.17) is 8.84 Å². The normalized spacial score (nSPS) is 12.6. The molecule has 0 aliphatic rings. The molecule has 0 aliphatic carbocycles. The molecule has 1 aromatic heterocycles. The van der Waals surface area contributed by atoms with E-state index in [9.17, 15) is 0 Å². The van der Waals surface area contributed by atoms with Gasteiger partial charge in [-0.1, -0.05) is 75.0 Å². The molecule has 1 heterocycles. The molecule has 4 aromatic rings. The van der Waals surface area contributed by atoms with Gasteiger partial charge in [0.1, 0.15) is 11.3 Å². The van der Waals surface area contributed by atoms with Crippen LogP contribution in [0.2, 0.25) is 18.1 Å². The van der Waals surface area contributed by atoms with Crippen molar-refractivity contribution in [2.75, 3.05) is 6.26 Å². The van der Waals surface area contributed by atoms with Crippen molar-refractivity contribution in [3.05, 3.63) is 60.7 Å². The first-order valence-corrected chi connectivity index (χ1v) is 14.1. The van der Waals surface area contributed by atoms with Crippen LogP contribution in [0.3, 0.4) is 0 Å².